The van der Waals surface area contributed by atoms with E-state index >= 15 is 0 Å². The highest BCUT2D eigenvalue weighted by atomic mass is 35.5. The highest BCUT2D eigenvalue weighted by Crippen LogP contribution is 2.33. The summed E-state index contributed by atoms with van der Waals surface area (Å²) in [6.07, 6.45) is 2.24. The highest BCUT2D eigenvalue weighted by molar-refractivity contribution is 6.36. The summed E-state index contributed by atoms with van der Waals surface area (Å²) in [4.78, 5) is 24.4. The van der Waals surface area contributed by atoms with Crippen LogP contribution in [0.25, 0.3) is 0 Å². The zero-order chi connectivity index (χ0) is 18.7. The van der Waals surface area contributed by atoms with E-state index in [1.807, 2.05) is 44.2 Å². The van der Waals surface area contributed by atoms with Gasteiger partial charge in [0.25, 0.3) is 5.91 Å². The van der Waals surface area contributed by atoms with E-state index in [0.29, 0.717) is 28.4 Å². The lowest BCUT2D eigenvalue weighted by Crippen LogP contribution is -2.16. The predicted octanol–water partition coefficient (Wildman–Crippen LogP) is 5.34. The van der Waals surface area contributed by atoms with Crippen LogP contribution in [0.3, 0.4) is 0 Å². The second-order valence-electron chi connectivity index (χ2n) is 6.44. The first-order chi connectivity index (χ1) is 12.5. The monoisotopic (exact) mass is 368 g/mol. The Hall–Kier alpha value is -2.59. The molecule has 0 saturated heterocycles. The minimum atomic E-state index is -0.203. The van der Waals surface area contributed by atoms with Gasteiger partial charge in [0, 0.05) is 23.3 Å². The second-order valence-corrected chi connectivity index (χ2v) is 6.82. The zero-order valence-electron chi connectivity index (χ0n) is 14.9. The van der Waals surface area contributed by atoms with Crippen molar-refractivity contribution in [3.8, 4) is 0 Å². The molecule has 5 heteroatoms. The van der Waals surface area contributed by atoms with Gasteiger partial charge in [-0.05, 0) is 50.5 Å². The fourth-order valence-electron chi connectivity index (χ4n) is 3.03. The highest BCUT2D eigenvalue weighted by Gasteiger charge is 2.18. The predicted molar refractivity (Wildman–Crippen MR) is 106 cm³/mol. The van der Waals surface area contributed by atoms with Gasteiger partial charge < -0.3 is 10.6 Å². The number of anilines is 2. The topological polar surface area (TPSA) is 58.2 Å². The van der Waals surface area contributed by atoms with E-state index in [4.69, 9.17) is 11.6 Å². The summed E-state index contributed by atoms with van der Waals surface area (Å²) < 4.78 is 0. The summed E-state index contributed by atoms with van der Waals surface area (Å²) in [6.45, 7) is 3.73. The fourth-order valence-corrected chi connectivity index (χ4v) is 3.25. The molecule has 4 nitrogen and oxygen atoms in total. The Kier molecular flexibility index (Phi) is 5.43. The van der Waals surface area contributed by atoms with Crippen molar-refractivity contribution < 1.29 is 9.59 Å². The third kappa shape index (κ3) is 3.81. The first kappa shape index (κ1) is 18.2. The number of ketones is 1. The van der Waals surface area contributed by atoms with Crippen molar-refractivity contribution in [1.82, 2.24) is 0 Å². The largest absolute Gasteiger partial charge is 0.357 e. The molecule has 3 rings (SSSR count). The average molecular weight is 369 g/mol. The number of rotatable bonds is 4. The summed E-state index contributed by atoms with van der Waals surface area (Å²) in [7, 11) is 0. The number of allylic oxidation sites excluding steroid dienone is 2. The third-order valence-electron chi connectivity index (χ3n) is 4.62. The van der Waals surface area contributed by atoms with Gasteiger partial charge in [0.15, 0.2) is 5.78 Å². The molecule has 1 aliphatic rings. The molecule has 0 aliphatic heterocycles. The quantitative estimate of drug-likeness (QED) is 0.765. The number of halogens is 1. The molecule has 0 spiro atoms. The van der Waals surface area contributed by atoms with Crippen molar-refractivity contribution in [2.24, 2.45) is 0 Å². The lowest BCUT2D eigenvalue weighted by atomic mass is 9.96. The van der Waals surface area contributed by atoms with Gasteiger partial charge in [0.1, 0.15) is 0 Å². The lowest BCUT2D eigenvalue weighted by molar-refractivity contribution is -0.116. The molecule has 0 bridgehead atoms. The fraction of sp³-hybridized carbons (Fsp3) is 0.238. The summed E-state index contributed by atoms with van der Waals surface area (Å²) >= 11 is 6.50. The molecule has 2 aromatic carbocycles. The van der Waals surface area contributed by atoms with Crippen LogP contribution in [-0.4, -0.2) is 11.7 Å². The molecule has 1 aliphatic carbocycles. The molecule has 0 heterocycles. The van der Waals surface area contributed by atoms with E-state index in [0.717, 1.165) is 29.7 Å². The maximum Gasteiger partial charge on any atom is 0.255 e. The Labute approximate surface area is 158 Å². The number of carbonyl (C=O) groups excluding carboxylic acids is 2. The average Bonchev–Trinajstić information content (AvgIpc) is 2.62. The minimum Gasteiger partial charge on any atom is -0.357 e. The smallest absolute Gasteiger partial charge is 0.255 e. The van der Waals surface area contributed by atoms with Gasteiger partial charge in [-0.1, -0.05) is 35.9 Å². The molecular formula is C21H21ClN2O2. The summed E-state index contributed by atoms with van der Waals surface area (Å²) in [5.74, 6) is -0.0377. The number of aryl methyl sites for hydroxylation is 1. The first-order valence-electron chi connectivity index (χ1n) is 8.63. The molecule has 0 aromatic heterocycles. The number of Topliss-reactive ketones (excluding diaryl/α,β-unsaturated/α-hetero) is 1. The molecule has 134 valence electrons. The Morgan fingerprint density at radius 3 is 2.50 bits per heavy atom. The van der Waals surface area contributed by atoms with Crippen LogP contribution in [0.15, 0.2) is 53.7 Å². The number of carbonyl (C=O) groups is 2. The first-order valence-corrected chi connectivity index (χ1v) is 9.00. The third-order valence-corrected chi connectivity index (χ3v) is 5.03. The lowest BCUT2D eigenvalue weighted by Gasteiger charge is -2.20. The van der Waals surface area contributed by atoms with Gasteiger partial charge in [-0.3, -0.25) is 9.59 Å². The summed E-state index contributed by atoms with van der Waals surface area (Å²) in [5, 5.41) is 6.56. The Morgan fingerprint density at radius 1 is 1.00 bits per heavy atom. The second kappa shape index (κ2) is 7.75. The molecule has 2 aromatic rings. The maximum atomic E-state index is 12.5. The van der Waals surface area contributed by atoms with Crippen LogP contribution in [0.5, 0.6) is 0 Å². The Balaban J connectivity index is 1.84. The van der Waals surface area contributed by atoms with Crippen molar-refractivity contribution in [3.05, 3.63) is 69.9 Å². The van der Waals surface area contributed by atoms with Crippen LogP contribution in [-0.2, 0) is 4.79 Å². The van der Waals surface area contributed by atoms with Crippen LogP contribution in [0, 0.1) is 6.92 Å². The van der Waals surface area contributed by atoms with Crippen LogP contribution in [0.2, 0.25) is 5.02 Å². The van der Waals surface area contributed by atoms with Gasteiger partial charge in [0.2, 0.25) is 0 Å². The van der Waals surface area contributed by atoms with Crippen LogP contribution < -0.4 is 10.6 Å². The molecule has 1 amide bonds. The number of benzene rings is 2. The van der Waals surface area contributed by atoms with Crippen LogP contribution >= 0.6 is 11.6 Å². The van der Waals surface area contributed by atoms with Gasteiger partial charge in [-0.2, -0.15) is 0 Å². The zero-order valence-corrected chi connectivity index (χ0v) is 15.6. The molecule has 0 saturated carbocycles. The van der Waals surface area contributed by atoms with E-state index in [-0.39, 0.29) is 11.7 Å². The molecule has 0 radical (unpaired) electrons. The molecular weight excluding hydrogens is 348 g/mol. The Morgan fingerprint density at radius 2 is 1.73 bits per heavy atom. The summed E-state index contributed by atoms with van der Waals surface area (Å²) in [5.41, 5.74) is 4.37. The molecule has 0 unspecified atom stereocenters. The van der Waals surface area contributed by atoms with Gasteiger partial charge in [-0.15, -0.1) is 0 Å². The number of hydrogen-bond donors (Lipinski definition) is 2. The van der Waals surface area contributed by atoms with E-state index in [2.05, 4.69) is 10.6 Å². The Bertz CT molecular complexity index is 903. The van der Waals surface area contributed by atoms with E-state index in [1.54, 1.807) is 12.1 Å². The summed E-state index contributed by atoms with van der Waals surface area (Å²) in [6, 6.07) is 12.8. The van der Waals surface area contributed by atoms with Crippen LogP contribution in [0.1, 0.15) is 42.1 Å². The van der Waals surface area contributed by atoms with Gasteiger partial charge in [-0.25, -0.2) is 0 Å². The van der Waals surface area contributed by atoms with Gasteiger partial charge in [0.05, 0.1) is 16.4 Å². The number of amides is 1. The van der Waals surface area contributed by atoms with Crippen molar-refractivity contribution in [2.75, 3.05) is 10.6 Å². The van der Waals surface area contributed by atoms with Crippen molar-refractivity contribution in [1.29, 1.82) is 0 Å². The minimum absolute atomic E-state index is 0.166. The van der Waals surface area contributed by atoms with Crippen molar-refractivity contribution in [3.63, 3.8) is 0 Å². The number of nitrogens with one attached hydrogen (secondary N) is 2. The van der Waals surface area contributed by atoms with Crippen LogP contribution in [0.4, 0.5) is 11.4 Å². The number of hydrogen-bond acceptors (Lipinski definition) is 3. The van der Waals surface area contributed by atoms with Gasteiger partial charge >= 0.3 is 0 Å². The SMILES string of the molecule is CC1=C(Nc2cccc(NC(=O)c3ccccc3C)c2Cl)CCCC1=O. The van der Waals surface area contributed by atoms with Crippen molar-refractivity contribution >= 4 is 34.7 Å². The van der Waals surface area contributed by atoms with E-state index in [1.165, 1.54) is 0 Å². The van der Waals surface area contributed by atoms with Crippen molar-refractivity contribution in [2.45, 2.75) is 33.1 Å². The molecule has 26 heavy (non-hydrogen) atoms. The van der Waals surface area contributed by atoms with E-state index in [9.17, 15) is 9.59 Å². The maximum absolute atomic E-state index is 12.5. The molecule has 0 atom stereocenters. The normalized spacial score (nSPS) is 14.3. The molecule has 2 N–H and O–H groups in total. The van der Waals surface area contributed by atoms with E-state index < -0.39 is 0 Å². The standard InChI is InChI=1S/C21H21ClN2O2/c1-13-7-3-4-8-15(13)21(26)24-18-11-5-10-17(20(18)22)23-16-9-6-12-19(25)14(16)2/h3-5,7-8,10-11,23H,6,9,12H2,1-2H3,(H,24,26). The molecule has 0 fully saturated rings.